The summed E-state index contributed by atoms with van der Waals surface area (Å²) in [6.07, 6.45) is 4.16. The summed E-state index contributed by atoms with van der Waals surface area (Å²) in [5.74, 6) is -0.188. The number of carbonyl (C=O) groups excluding carboxylic acids is 3. The van der Waals surface area contributed by atoms with Crippen molar-refractivity contribution in [2.75, 3.05) is 41.3 Å². The smallest absolute Gasteiger partial charge is 0.341 e. The number of amides is 3. The standard InChI is InChI=1S/C45H47FN8O4/c1-51(2)39(28-13-7-5-8-14-28)44(56)53-23-11-17-35(53)42-49-33-21-19-30(26-34(33)50-42)38-27-48-43(58-38)31-20-22-36(32(46)25-31)54(24-12-18-37(54)41(47)55)45(57)40(52(3)4)29-15-9-6-10-16-29/h5-10,13-16,19-22,25-27,35,37,39-40H,11-12,17-18,23-24H2,1-4H3,(H2-,47,49,50,55)/p+1/t35-,37-,39+,40+,54?/m0/s1. The Morgan fingerprint density at radius 2 is 1.53 bits per heavy atom. The van der Waals surface area contributed by atoms with Crippen molar-refractivity contribution < 1.29 is 23.2 Å². The van der Waals surface area contributed by atoms with Gasteiger partial charge in [0.25, 0.3) is 5.91 Å². The van der Waals surface area contributed by atoms with Gasteiger partial charge in [-0.2, -0.15) is 0 Å². The van der Waals surface area contributed by atoms with Crippen molar-refractivity contribution in [2.24, 2.45) is 5.73 Å². The van der Waals surface area contributed by atoms with Crippen molar-refractivity contribution in [3.8, 4) is 22.8 Å². The highest BCUT2D eigenvalue weighted by molar-refractivity contribution is 6.00. The molecule has 5 atom stereocenters. The molecule has 0 saturated carbocycles. The number of primary amides is 1. The topological polar surface area (TPSA) is 142 Å². The van der Waals surface area contributed by atoms with Crippen molar-refractivity contribution in [3.05, 3.63) is 126 Å². The molecule has 4 heterocycles. The molecule has 12 nitrogen and oxygen atoms in total. The van der Waals surface area contributed by atoms with Crippen LogP contribution in [0.25, 0.3) is 33.8 Å². The number of nitrogens with zero attached hydrogens (tertiary/aromatic N) is 6. The summed E-state index contributed by atoms with van der Waals surface area (Å²) in [6, 6.07) is 27.1. The molecule has 2 saturated heterocycles. The van der Waals surface area contributed by atoms with E-state index in [4.69, 9.17) is 15.1 Å². The van der Waals surface area contributed by atoms with Gasteiger partial charge in [-0.05, 0) is 82.5 Å². The van der Waals surface area contributed by atoms with Crippen LogP contribution < -0.4 is 10.2 Å². The van der Waals surface area contributed by atoms with E-state index in [2.05, 4.69) is 9.97 Å². The molecular weight excluding hydrogens is 736 g/mol. The second-order valence-corrected chi connectivity index (χ2v) is 15.8. The second kappa shape index (κ2) is 15.7. The van der Waals surface area contributed by atoms with Crippen LogP contribution in [0, 0.1) is 5.82 Å². The zero-order chi connectivity index (χ0) is 40.7. The van der Waals surface area contributed by atoms with Crippen molar-refractivity contribution in [1.82, 2.24) is 34.1 Å². The van der Waals surface area contributed by atoms with Gasteiger partial charge in [-0.15, -0.1) is 0 Å². The quantitative estimate of drug-likeness (QED) is 0.137. The van der Waals surface area contributed by atoms with E-state index in [1.807, 2.05) is 103 Å². The van der Waals surface area contributed by atoms with Crippen LogP contribution in [0.3, 0.4) is 0 Å². The Hall–Kier alpha value is -6.02. The molecule has 4 aromatic carbocycles. The Balaban J connectivity index is 1.06. The van der Waals surface area contributed by atoms with E-state index >= 15 is 4.39 Å². The number of aromatic amines is 1. The number of likely N-dealkylation sites (N-methyl/N-ethyl adjacent to an activating group) is 2. The van der Waals surface area contributed by atoms with Crippen LogP contribution in [0.4, 0.5) is 10.1 Å². The van der Waals surface area contributed by atoms with Crippen LogP contribution >= 0.6 is 0 Å². The van der Waals surface area contributed by atoms with E-state index in [0.29, 0.717) is 30.7 Å². The fraction of sp³-hybridized carbons (Fsp3) is 0.311. The Bertz CT molecular complexity index is 2470. The number of imidazole rings is 1. The van der Waals surface area contributed by atoms with Gasteiger partial charge in [0.05, 0.1) is 29.8 Å². The van der Waals surface area contributed by atoms with Gasteiger partial charge >= 0.3 is 5.91 Å². The fourth-order valence-electron chi connectivity index (χ4n) is 9.07. The summed E-state index contributed by atoms with van der Waals surface area (Å²) in [4.78, 5) is 60.2. The minimum absolute atomic E-state index is 0.0417. The Labute approximate surface area is 336 Å². The van der Waals surface area contributed by atoms with Crippen molar-refractivity contribution in [2.45, 2.75) is 49.9 Å². The molecule has 2 aromatic heterocycles. The number of hydrogen-bond acceptors (Lipinski definition) is 8. The van der Waals surface area contributed by atoms with E-state index in [0.717, 1.165) is 46.4 Å². The molecule has 6 aromatic rings. The molecule has 8 rings (SSSR count). The van der Waals surface area contributed by atoms with E-state index in [1.54, 1.807) is 37.3 Å². The van der Waals surface area contributed by atoms with Crippen molar-refractivity contribution in [3.63, 3.8) is 0 Å². The number of nitrogens with one attached hydrogen (secondary N) is 1. The molecule has 0 aliphatic carbocycles. The number of halogens is 1. The van der Waals surface area contributed by atoms with Gasteiger partial charge < -0.3 is 20.0 Å². The highest BCUT2D eigenvalue weighted by atomic mass is 19.1. The molecule has 58 heavy (non-hydrogen) atoms. The monoisotopic (exact) mass is 783 g/mol. The molecule has 3 N–H and O–H groups in total. The minimum atomic E-state index is -0.924. The lowest BCUT2D eigenvalue weighted by Crippen LogP contribution is -2.64. The third-order valence-corrected chi connectivity index (χ3v) is 11.7. The van der Waals surface area contributed by atoms with Crippen molar-refractivity contribution >= 4 is 34.4 Å². The maximum atomic E-state index is 16.5. The maximum Gasteiger partial charge on any atom is 0.341 e. The average Bonchev–Trinajstić information content (AvgIpc) is 4.04. The molecule has 3 amide bonds. The third kappa shape index (κ3) is 6.88. The van der Waals surface area contributed by atoms with Crippen LogP contribution in [-0.2, 0) is 14.4 Å². The lowest BCUT2D eigenvalue weighted by atomic mass is 10.00. The number of likely N-dealkylation sites (tertiary alicyclic amines) is 2. The summed E-state index contributed by atoms with van der Waals surface area (Å²) in [5, 5.41) is 0. The summed E-state index contributed by atoms with van der Waals surface area (Å²) >= 11 is 0. The molecule has 2 aliphatic rings. The van der Waals surface area contributed by atoms with Crippen molar-refractivity contribution in [1.29, 1.82) is 0 Å². The van der Waals surface area contributed by atoms with Crippen LogP contribution in [-0.4, -0.2) is 94.7 Å². The normalized spacial score (nSPS) is 20.6. The first-order valence-corrected chi connectivity index (χ1v) is 19.7. The zero-order valence-electron chi connectivity index (χ0n) is 33.1. The summed E-state index contributed by atoms with van der Waals surface area (Å²) in [5.41, 5.74) is 10.4. The average molecular weight is 784 g/mol. The highest BCUT2D eigenvalue weighted by Gasteiger charge is 2.56. The van der Waals surface area contributed by atoms with E-state index in [9.17, 15) is 14.4 Å². The molecule has 298 valence electrons. The minimum Gasteiger partial charge on any atom is -0.436 e. The lowest BCUT2D eigenvalue weighted by Gasteiger charge is -2.39. The highest BCUT2D eigenvalue weighted by Crippen LogP contribution is 2.42. The first-order valence-electron chi connectivity index (χ1n) is 19.7. The van der Waals surface area contributed by atoms with Crippen LogP contribution in [0.1, 0.15) is 60.8 Å². The molecule has 0 spiro atoms. The zero-order valence-corrected chi connectivity index (χ0v) is 33.1. The van der Waals surface area contributed by atoms with E-state index in [1.165, 1.54) is 6.07 Å². The number of quaternary nitrogens is 1. The van der Waals surface area contributed by atoms with Gasteiger partial charge in [-0.1, -0.05) is 60.7 Å². The lowest BCUT2D eigenvalue weighted by molar-refractivity contribution is -0.140. The largest absolute Gasteiger partial charge is 0.436 e. The number of hydrogen-bond donors (Lipinski definition) is 2. The van der Waals surface area contributed by atoms with Gasteiger partial charge in [0.2, 0.25) is 11.8 Å². The van der Waals surface area contributed by atoms with Gasteiger partial charge in [-0.25, -0.2) is 23.6 Å². The number of oxazole rings is 1. The summed E-state index contributed by atoms with van der Waals surface area (Å²) < 4.78 is 22.2. The Morgan fingerprint density at radius 3 is 2.19 bits per heavy atom. The first kappa shape index (κ1) is 38.8. The van der Waals surface area contributed by atoms with Crippen LogP contribution in [0.5, 0.6) is 0 Å². The van der Waals surface area contributed by atoms with Gasteiger partial charge in [0, 0.05) is 36.6 Å². The predicted molar refractivity (Wildman–Crippen MR) is 220 cm³/mol. The number of carbonyl (C=O) groups is 3. The van der Waals surface area contributed by atoms with E-state index < -0.39 is 34.3 Å². The molecule has 0 radical (unpaired) electrons. The molecule has 13 heteroatoms. The Kier molecular flexibility index (Phi) is 10.5. The number of fused-ring (bicyclic) bond motifs is 1. The number of nitrogens with two attached hydrogens (primary N) is 1. The van der Waals surface area contributed by atoms with Gasteiger partial charge in [0.15, 0.2) is 29.3 Å². The number of rotatable bonds is 11. The summed E-state index contributed by atoms with van der Waals surface area (Å²) in [6.45, 7) is 0.887. The van der Waals surface area contributed by atoms with Crippen LogP contribution in [0.15, 0.2) is 108 Å². The SMILES string of the molecule is CN(C)[C@@H](C(=O)N1CCC[C@H]1c1nc2ccc(-c3cnc(-c4ccc([N+]5(C(=O)[C@@H](c6ccccc6)N(C)C)CCC[C@H]5C(N)=O)c(F)c4)o3)cc2[nH]1)c1ccccc1. The number of benzene rings is 4. The maximum absolute atomic E-state index is 16.5. The molecule has 2 aliphatic heterocycles. The Morgan fingerprint density at radius 1 is 0.862 bits per heavy atom. The molecular formula is C45H48FN8O4+. The van der Waals surface area contributed by atoms with Gasteiger partial charge in [0.1, 0.15) is 11.9 Å². The number of H-pyrrole nitrogens is 1. The molecule has 1 unspecified atom stereocenters. The predicted octanol–water partition coefficient (Wildman–Crippen LogP) is 6.77. The second-order valence-electron chi connectivity index (χ2n) is 15.8. The summed E-state index contributed by atoms with van der Waals surface area (Å²) in [7, 11) is 7.44. The number of aromatic nitrogens is 3. The van der Waals surface area contributed by atoms with Crippen LogP contribution in [0.2, 0.25) is 0 Å². The molecule has 0 bridgehead atoms. The third-order valence-electron chi connectivity index (χ3n) is 11.7. The first-order chi connectivity index (χ1) is 28.0. The molecule has 2 fully saturated rings. The fourth-order valence-corrected chi connectivity index (χ4v) is 9.07. The van der Waals surface area contributed by atoms with E-state index in [-0.39, 0.29) is 36.0 Å². The van der Waals surface area contributed by atoms with Gasteiger partial charge in [-0.3, -0.25) is 19.4 Å².